The van der Waals surface area contributed by atoms with E-state index < -0.39 is 12.2 Å². The Bertz CT molecular complexity index is 197. The molecule has 1 heterocycles. The fraction of sp³-hybridized carbons (Fsp3) is 0.714. The molecule has 0 aromatic rings. The number of carbonyl (C=O) groups excluding carboxylic acids is 2. The molecule has 0 unspecified atom stereocenters. The number of methoxy groups -OCH3 is 2. The van der Waals surface area contributed by atoms with Crippen molar-refractivity contribution in [2.75, 3.05) is 34.0 Å². The Labute approximate surface area is 76.0 Å². The third kappa shape index (κ3) is 2.01. The Morgan fingerprint density at radius 3 is 1.69 bits per heavy atom. The highest BCUT2D eigenvalue weighted by atomic mass is 16.6. The van der Waals surface area contributed by atoms with Crippen molar-refractivity contribution < 1.29 is 19.1 Å². The average molecular weight is 188 g/mol. The monoisotopic (exact) mass is 188 g/mol. The molecule has 13 heavy (non-hydrogen) atoms. The summed E-state index contributed by atoms with van der Waals surface area (Å²) in [6.45, 7) is 1.21. The van der Waals surface area contributed by atoms with Crippen molar-refractivity contribution in [3.05, 3.63) is 0 Å². The van der Waals surface area contributed by atoms with Gasteiger partial charge < -0.3 is 9.47 Å². The second-order valence-corrected chi connectivity index (χ2v) is 2.61. The van der Waals surface area contributed by atoms with Crippen LogP contribution in [0, 0.1) is 0 Å². The minimum atomic E-state index is -0.425. The van der Waals surface area contributed by atoms with Gasteiger partial charge in [-0.25, -0.2) is 9.59 Å². The van der Waals surface area contributed by atoms with Crippen molar-refractivity contribution in [1.29, 1.82) is 0 Å². The van der Waals surface area contributed by atoms with Crippen LogP contribution in [0.3, 0.4) is 0 Å². The first-order valence-corrected chi connectivity index (χ1v) is 3.85. The topological polar surface area (TPSA) is 59.1 Å². The van der Waals surface area contributed by atoms with E-state index in [-0.39, 0.29) is 6.67 Å². The molecule has 2 amide bonds. The van der Waals surface area contributed by atoms with Gasteiger partial charge in [0.05, 0.1) is 14.2 Å². The van der Waals surface area contributed by atoms with E-state index in [1.54, 1.807) is 0 Å². The fourth-order valence-electron chi connectivity index (χ4n) is 1.15. The van der Waals surface area contributed by atoms with Gasteiger partial charge in [0.15, 0.2) is 0 Å². The van der Waals surface area contributed by atoms with E-state index >= 15 is 0 Å². The van der Waals surface area contributed by atoms with Crippen LogP contribution in [0.2, 0.25) is 0 Å². The van der Waals surface area contributed by atoms with Gasteiger partial charge in [0.1, 0.15) is 6.67 Å². The Hall–Kier alpha value is -1.46. The zero-order valence-corrected chi connectivity index (χ0v) is 7.65. The quantitative estimate of drug-likeness (QED) is 0.540. The van der Waals surface area contributed by atoms with Crippen molar-refractivity contribution in [2.45, 2.75) is 0 Å². The summed E-state index contributed by atoms with van der Waals surface area (Å²) in [5.41, 5.74) is 0. The molecule has 6 nitrogen and oxygen atoms in total. The molecule has 74 valence electrons. The third-order valence-corrected chi connectivity index (χ3v) is 1.85. The normalized spacial score (nSPS) is 15.8. The molecule has 0 aromatic carbocycles. The van der Waals surface area contributed by atoms with Crippen LogP contribution in [0.4, 0.5) is 9.59 Å². The van der Waals surface area contributed by atoms with Gasteiger partial charge in [0, 0.05) is 13.1 Å². The largest absolute Gasteiger partial charge is 0.453 e. The van der Waals surface area contributed by atoms with Crippen LogP contribution in [0.25, 0.3) is 0 Å². The minimum absolute atomic E-state index is 0.235. The minimum Gasteiger partial charge on any atom is -0.453 e. The molecule has 1 rings (SSSR count). The van der Waals surface area contributed by atoms with E-state index in [4.69, 9.17) is 0 Å². The van der Waals surface area contributed by atoms with Gasteiger partial charge in [-0.3, -0.25) is 9.80 Å². The van der Waals surface area contributed by atoms with Crippen LogP contribution >= 0.6 is 0 Å². The molecule has 0 N–H and O–H groups in total. The van der Waals surface area contributed by atoms with Gasteiger partial charge in [-0.2, -0.15) is 0 Å². The zero-order valence-electron chi connectivity index (χ0n) is 7.65. The van der Waals surface area contributed by atoms with Gasteiger partial charge in [-0.15, -0.1) is 0 Å². The molecule has 1 fully saturated rings. The third-order valence-electron chi connectivity index (χ3n) is 1.85. The maximum absolute atomic E-state index is 11.0. The number of nitrogens with zero attached hydrogens (tertiary/aromatic N) is 2. The van der Waals surface area contributed by atoms with Gasteiger partial charge in [-0.1, -0.05) is 0 Å². The van der Waals surface area contributed by atoms with Crippen LogP contribution in [0.1, 0.15) is 0 Å². The Morgan fingerprint density at radius 2 is 1.38 bits per heavy atom. The zero-order chi connectivity index (χ0) is 9.84. The molecular weight excluding hydrogens is 176 g/mol. The first-order valence-electron chi connectivity index (χ1n) is 3.85. The van der Waals surface area contributed by atoms with E-state index in [1.807, 2.05) is 0 Å². The number of ether oxygens (including phenoxy) is 2. The first kappa shape index (κ1) is 9.63. The second kappa shape index (κ2) is 3.97. The number of rotatable bonds is 0. The van der Waals surface area contributed by atoms with E-state index in [0.29, 0.717) is 13.1 Å². The van der Waals surface area contributed by atoms with Crippen LogP contribution in [0.5, 0.6) is 0 Å². The molecule has 1 aliphatic heterocycles. The summed E-state index contributed by atoms with van der Waals surface area (Å²) < 4.78 is 9.01. The maximum atomic E-state index is 11.0. The molecule has 0 bridgehead atoms. The van der Waals surface area contributed by atoms with Crippen molar-refractivity contribution >= 4 is 12.2 Å². The standard InChI is InChI=1S/C7H12N2O4/c1-12-6(10)8-3-4-9(5-8)7(11)13-2/h3-5H2,1-2H3. The smallest absolute Gasteiger partial charge is 0.410 e. The molecule has 1 saturated heterocycles. The van der Waals surface area contributed by atoms with Crippen molar-refractivity contribution in [2.24, 2.45) is 0 Å². The van der Waals surface area contributed by atoms with E-state index in [1.165, 1.54) is 24.0 Å². The lowest BCUT2D eigenvalue weighted by Crippen LogP contribution is -2.33. The van der Waals surface area contributed by atoms with Gasteiger partial charge in [-0.05, 0) is 0 Å². The summed E-state index contributed by atoms with van der Waals surface area (Å²) in [6.07, 6.45) is -0.849. The summed E-state index contributed by atoms with van der Waals surface area (Å²) in [4.78, 5) is 24.8. The lowest BCUT2D eigenvalue weighted by Gasteiger charge is -2.15. The summed E-state index contributed by atoms with van der Waals surface area (Å²) >= 11 is 0. The van der Waals surface area contributed by atoms with Crippen LogP contribution in [-0.2, 0) is 9.47 Å². The van der Waals surface area contributed by atoms with Crippen molar-refractivity contribution in [3.63, 3.8) is 0 Å². The van der Waals surface area contributed by atoms with E-state index in [9.17, 15) is 9.59 Å². The first-order chi connectivity index (χ1) is 6.19. The predicted octanol–water partition coefficient (Wildman–Crippen LogP) is 0.0943. The molecule has 1 aliphatic rings. The molecule has 6 heteroatoms. The summed E-state index contributed by atoms with van der Waals surface area (Å²) in [5, 5.41) is 0. The number of hydrogen-bond donors (Lipinski definition) is 0. The fourth-order valence-corrected chi connectivity index (χ4v) is 1.15. The molecule has 0 radical (unpaired) electrons. The van der Waals surface area contributed by atoms with Crippen LogP contribution < -0.4 is 0 Å². The summed E-state index contributed by atoms with van der Waals surface area (Å²) in [7, 11) is 2.62. The average Bonchev–Trinajstić information content (AvgIpc) is 2.64. The van der Waals surface area contributed by atoms with E-state index in [2.05, 4.69) is 9.47 Å². The van der Waals surface area contributed by atoms with Crippen molar-refractivity contribution in [3.8, 4) is 0 Å². The number of amides is 2. The second-order valence-electron chi connectivity index (χ2n) is 2.61. The summed E-state index contributed by atoms with van der Waals surface area (Å²) in [6, 6.07) is 0. The molecule has 0 spiro atoms. The predicted molar refractivity (Wildman–Crippen MR) is 43.1 cm³/mol. The Kier molecular flexibility index (Phi) is 2.94. The lowest BCUT2D eigenvalue weighted by atomic mass is 10.6. The van der Waals surface area contributed by atoms with Gasteiger partial charge in [0.25, 0.3) is 0 Å². The van der Waals surface area contributed by atoms with Crippen molar-refractivity contribution in [1.82, 2.24) is 9.80 Å². The molecule has 0 aromatic heterocycles. The maximum Gasteiger partial charge on any atom is 0.410 e. The van der Waals surface area contributed by atoms with Gasteiger partial charge >= 0.3 is 12.2 Å². The Morgan fingerprint density at radius 1 is 1.00 bits per heavy atom. The van der Waals surface area contributed by atoms with Crippen LogP contribution in [-0.4, -0.2) is 56.0 Å². The Balaban J connectivity index is 2.44. The van der Waals surface area contributed by atoms with Gasteiger partial charge in [0.2, 0.25) is 0 Å². The highest BCUT2D eigenvalue weighted by Crippen LogP contribution is 2.07. The SMILES string of the molecule is COC(=O)N1CCN(C(=O)OC)C1. The molecule has 0 aliphatic carbocycles. The van der Waals surface area contributed by atoms with E-state index in [0.717, 1.165) is 0 Å². The highest BCUT2D eigenvalue weighted by molar-refractivity contribution is 5.71. The molecule has 0 saturated carbocycles. The summed E-state index contributed by atoms with van der Waals surface area (Å²) in [5.74, 6) is 0. The number of carbonyl (C=O) groups is 2. The van der Waals surface area contributed by atoms with Crippen LogP contribution in [0.15, 0.2) is 0 Å². The lowest BCUT2D eigenvalue weighted by molar-refractivity contribution is 0.111. The number of hydrogen-bond acceptors (Lipinski definition) is 4. The molecular formula is C7H12N2O4. The highest BCUT2D eigenvalue weighted by Gasteiger charge is 2.28. The molecule has 0 atom stereocenters.